The Labute approximate surface area is 110 Å². The highest BCUT2D eigenvalue weighted by Gasteiger charge is 2.09. The average Bonchev–Trinajstić information content (AvgIpc) is 2.42. The van der Waals surface area contributed by atoms with Gasteiger partial charge in [-0.05, 0) is 23.8 Å². The van der Waals surface area contributed by atoms with Crippen molar-refractivity contribution >= 4 is 11.6 Å². The molecule has 0 spiro atoms. The molecule has 5 heteroatoms. The number of aromatic nitrogens is 1. The molecule has 2 N–H and O–H groups in total. The number of halogens is 1. The Morgan fingerprint density at radius 2 is 2.00 bits per heavy atom. The molecule has 0 aliphatic carbocycles. The van der Waals surface area contributed by atoms with Gasteiger partial charge in [0.2, 0.25) is 5.88 Å². The molecule has 4 nitrogen and oxygen atoms in total. The zero-order valence-electron chi connectivity index (χ0n) is 9.43. The van der Waals surface area contributed by atoms with E-state index in [-0.39, 0.29) is 10.9 Å². The van der Waals surface area contributed by atoms with Crippen molar-refractivity contribution in [1.82, 2.24) is 4.98 Å². The molecule has 0 amide bonds. The monoisotopic (exact) mass is 259 g/mol. The summed E-state index contributed by atoms with van der Waals surface area (Å²) in [6.07, 6.45) is 1.48. The van der Waals surface area contributed by atoms with Gasteiger partial charge in [-0.15, -0.1) is 0 Å². The smallest absolute Gasteiger partial charge is 0.239 e. The average molecular weight is 260 g/mol. The highest BCUT2D eigenvalue weighted by atomic mass is 35.5. The van der Waals surface area contributed by atoms with Gasteiger partial charge >= 0.3 is 0 Å². The Bertz CT molecular complexity index is 590. The lowest BCUT2D eigenvalue weighted by molar-refractivity contribution is 0.463. The number of hydrogen-bond acceptors (Lipinski definition) is 4. The van der Waals surface area contributed by atoms with Gasteiger partial charge in [-0.25, -0.2) is 4.98 Å². The van der Waals surface area contributed by atoms with E-state index in [2.05, 4.69) is 4.98 Å². The quantitative estimate of drug-likeness (QED) is 0.920. The van der Waals surface area contributed by atoms with E-state index in [9.17, 15) is 0 Å². The molecule has 0 aliphatic rings. The fourth-order valence-corrected chi connectivity index (χ4v) is 1.58. The summed E-state index contributed by atoms with van der Waals surface area (Å²) < 4.78 is 5.52. The number of nitrogens with zero attached hydrogens (tertiary/aromatic N) is 2. The molecule has 0 unspecified atom stereocenters. The molecule has 2 aromatic rings. The predicted octanol–water partition coefficient (Wildman–Crippen LogP) is 2.86. The van der Waals surface area contributed by atoms with Crippen molar-refractivity contribution in [2.45, 2.75) is 6.54 Å². The summed E-state index contributed by atoms with van der Waals surface area (Å²) in [5, 5.41) is 9.06. The Morgan fingerprint density at radius 1 is 1.28 bits per heavy atom. The van der Waals surface area contributed by atoms with E-state index in [0.29, 0.717) is 17.9 Å². The largest absolute Gasteiger partial charge is 0.437 e. The van der Waals surface area contributed by atoms with Crippen LogP contribution >= 0.6 is 11.6 Å². The van der Waals surface area contributed by atoms with Crippen molar-refractivity contribution in [3.8, 4) is 17.7 Å². The number of ether oxygens (including phenoxy) is 1. The minimum atomic E-state index is 0.211. The van der Waals surface area contributed by atoms with Crippen molar-refractivity contribution in [2.24, 2.45) is 5.73 Å². The van der Waals surface area contributed by atoms with Crippen LogP contribution in [-0.2, 0) is 6.54 Å². The summed E-state index contributed by atoms with van der Waals surface area (Å²) in [7, 11) is 0. The van der Waals surface area contributed by atoms with Crippen molar-refractivity contribution < 1.29 is 4.74 Å². The van der Waals surface area contributed by atoms with Crippen LogP contribution in [0, 0.1) is 11.3 Å². The molecule has 1 aromatic carbocycles. The first-order chi connectivity index (χ1) is 8.74. The first kappa shape index (κ1) is 12.4. The third-order valence-electron chi connectivity index (χ3n) is 2.35. The molecule has 0 atom stereocenters. The van der Waals surface area contributed by atoms with E-state index in [1.807, 2.05) is 18.2 Å². The molecule has 18 heavy (non-hydrogen) atoms. The highest BCUT2D eigenvalue weighted by molar-refractivity contribution is 6.33. The van der Waals surface area contributed by atoms with E-state index < -0.39 is 0 Å². The molecule has 0 bridgehead atoms. The maximum atomic E-state index is 8.85. The number of hydrogen-bond donors (Lipinski definition) is 1. The van der Waals surface area contributed by atoms with Gasteiger partial charge in [0.05, 0.1) is 5.56 Å². The molecule has 1 aromatic heterocycles. The maximum absolute atomic E-state index is 8.85. The second-order valence-electron chi connectivity index (χ2n) is 3.54. The number of pyridine rings is 1. The lowest BCUT2D eigenvalue weighted by Gasteiger charge is -2.07. The molecule has 90 valence electrons. The second kappa shape index (κ2) is 5.50. The van der Waals surface area contributed by atoms with Crippen LogP contribution in [0.4, 0.5) is 0 Å². The van der Waals surface area contributed by atoms with Gasteiger partial charge in [0, 0.05) is 12.7 Å². The van der Waals surface area contributed by atoms with E-state index in [0.717, 1.165) is 5.56 Å². The van der Waals surface area contributed by atoms with Crippen LogP contribution in [0.25, 0.3) is 0 Å². The molecule has 2 rings (SSSR count). The van der Waals surface area contributed by atoms with Crippen LogP contribution in [-0.4, -0.2) is 4.98 Å². The minimum absolute atomic E-state index is 0.211. The minimum Gasteiger partial charge on any atom is -0.437 e. The van der Waals surface area contributed by atoms with Gasteiger partial charge in [0.1, 0.15) is 16.8 Å². The maximum Gasteiger partial charge on any atom is 0.239 e. The fourth-order valence-electron chi connectivity index (χ4n) is 1.39. The van der Waals surface area contributed by atoms with Gasteiger partial charge in [0.15, 0.2) is 0 Å². The number of rotatable bonds is 3. The standard InChI is InChI=1S/C13H10ClN3O/c14-12-10(8-16)5-6-17-13(12)18-11-3-1-9(7-15)2-4-11/h1-6H,7,15H2. The summed E-state index contributed by atoms with van der Waals surface area (Å²) in [6.45, 7) is 0.475. The van der Waals surface area contributed by atoms with Crippen LogP contribution in [0.2, 0.25) is 5.02 Å². The zero-order valence-corrected chi connectivity index (χ0v) is 10.2. The molecule has 0 saturated carbocycles. The number of nitriles is 1. The van der Waals surface area contributed by atoms with Crippen LogP contribution in [0.15, 0.2) is 36.5 Å². The summed E-state index contributed by atoms with van der Waals surface area (Å²) in [5.41, 5.74) is 6.84. The first-order valence-corrected chi connectivity index (χ1v) is 5.64. The second-order valence-corrected chi connectivity index (χ2v) is 3.92. The summed E-state index contributed by atoms with van der Waals surface area (Å²) in [5.74, 6) is 0.813. The van der Waals surface area contributed by atoms with Crippen LogP contribution in [0.1, 0.15) is 11.1 Å². The topological polar surface area (TPSA) is 71.9 Å². The summed E-state index contributed by atoms with van der Waals surface area (Å²) in [6, 6.07) is 10.8. The lowest BCUT2D eigenvalue weighted by atomic mass is 10.2. The Kier molecular flexibility index (Phi) is 3.78. The molecule has 0 radical (unpaired) electrons. The third-order valence-corrected chi connectivity index (χ3v) is 2.72. The van der Waals surface area contributed by atoms with Gasteiger partial charge in [-0.1, -0.05) is 23.7 Å². The summed E-state index contributed by atoms with van der Waals surface area (Å²) >= 11 is 5.99. The SMILES string of the molecule is N#Cc1ccnc(Oc2ccc(CN)cc2)c1Cl. The van der Waals surface area contributed by atoms with E-state index in [4.69, 9.17) is 27.3 Å². The molecule has 0 saturated heterocycles. The van der Waals surface area contributed by atoms with Gasteiger partial charge in [-0.3, -0.25) is 0 Å². The number of nitrogens with two attached hydrogens (primary N) is 1. The molecule has 0 aliphatic heterocycles. The first-order valence-electron chi connectivity index (χ1n) is 5.26. The van der Waals surface area contributed by atoms with Crippen molar-refractivity contribution in [2.75, 3.05) is 0 Å². The van der Waals surface area contributed by atoms with Gasteiger partial charge in [0.25, 0.3) is 0 Å². The van der Waals surface area contributed by atoms with Gasteiger partial charge < -0.3 is 10.5 Å². The molecule has 1 heterocycles. The highest BCUT2D eigenvalue weighted by Crippen LogP contribution is 2.29. The van der Waals surface area contributed by atoms with Crippen LogP contribution in [0.5, 0.6) is 11.6 Å². The van der Waals surface area contributed by atoms with Crippen molar-refractivity contribution in [3.05, 3.63) is 52.7 Å². The molecule has 0 fully saturated rings. The van der Waals surface area contributed by atoms with Crippen molar-refractivity contribution in [3.63, 3.8) is 0 Å². The summed E-state index contributed by atoms with van der Waals surface area (Å²) in [4.78, 5) is 3.99. The van der Waals surface area contributed by atoms with Crippen LogP contribution in [0.3, 0.4) is 0 Å². The predicted molar refractivity (Wildman–Crippen MR) is 68.4 cm³/mol. The van der Waals surface area contributed by atoms with Gasteiger partial charge in [-0.2, -0.15) is 5.26 Å². The third kappa shape index (κ3) is 2.59. The zero-order chi connectivity index (χ0) is 13.0. The Balaban J connectivity index is 2.26. The van der Waals surface area contributed by atoms with E-state index in [1.165, 1.54) is 12.3 Å². The lowest BCUT2D eigenvalue weighted by Crippen LogP contribution is -1.96. The van der Waals surface area contributed by atoms with Crippen LogP contribution < -0.4 is 10.5 Å². The normalized spacial score (nSPS) is 9.83. The van der Waals surface area contributed by atoms with Crippen molar-refractivity contribution in [1.29, 1.82) is 5.26 Å². The van der Waals surface area contributed by atoms with E-state index >= 15 is 0 Å². The fraction of sp³-hybridized carbons (Fsp3) is 0.0769. The Morgan fingerprint density at radius 3 is 2.61 bits per heavy atom. The van der Waals surface area contributed by atoms with E-state index in [1.54, 1.807) is 12.1 Å². The number of benzene rings is 1. The molecular weight excluding hydrogens is 250 g/mol. The Hall–Kier alpha value is -2.09. The molecular formula is C13H10ClN3O.